The Morgan fingerprint density at radius 2 is 1.76 bits per heavy atom. The average Bonchev–Trinajstić information content (AvgIpc) is 2.86. The van der Waals surface area contributed by atoms with Gasteiger partial charge in [-0.1, -0.05) is 54.6 Å². The first-order valence-corrected chi connectivity index (χ1v) is 11.5. The van der Waals surface area contributed by atoms with Gasteiger partial charge in [0.15, 0.2) is 0 Å². The van der Waals surface area contributed by atoms with Crippen LogP contribution in [-0.4, -0.2) is 37.2 Å². The van der Waals surface area contributed by atoms with Gasteiger partial charge in [-0.3, -0.25) is 9.69 Å². The van der Waals surface area contributed by atoms with E-state index in [0.717, 1.165) is 36.9 Å². The molecule has 1 aliphatic rings. The van der Waals surface area contributed by atoms with Crippen molar-refractivity contribution in [2.45, 2.75) is 25.8 Å². The molecular formula is C28H31N3O2. The molecule has 0 aromatic heterocycles. The molecule has 1 fully saturated rings. The van der Waals surface area contributed by atoms with E-state index in [9.17, 15) is 4.79 Å². The first kappa shape index (κ1) is 22.7. The lowest BCUT2D eigenvalue weighted by molar-refractivity contribution is 0.0955. The van der Waals surface area contributed by atoms with E-state index >= 15 is 0 Å². The van der Waals surface area contributed by atoms with Gasteiger partial charge in [0.1, 0.15) is 5.75 Å². The number of hydrogen-bond acceptors (Lipinski definition) is 4. The zero-order chi connectivity index (χ0) is 22.9. The number of carbonyl (C=O) groups is 1. The average molecular weight is 442 g/mol. The number of methoxy groups -OCH3 is 1. The molecule has 0 spiro atoms. The third-order valence-corrected chi connectivity index (χ3v) is 6.17. The second-order valence-corrected chi connectivity index (χ2v) is 8.58. The Bertz CT molecular complexity index is 1060. The van der Waals surface area contributed by atoms with Gasteiger partial charge in [-0.2, -0.15) is 5.10 Å². The summed E-state index contributed by atoms with van der Waals surface area (Å²) in [6.45, 7) is 3.17. The molecule has 1 heterocycles. The fourth-order valence-corrected chi connectivity index (χ4v) is 4.27. The molecule has 33 heavy (non-hydrogen) atoms. The molecular weight excluding hydrogens is 410 g/mol. The minimum Gasteiger partial charge on any atom is -0.497 e. The molecule has 170 valence electrons. The maximum atomic E-state index is 12.4. The number of rotatable bonds is 8. The van der Waals surface area contributed by atoms with Crippen molar-refractivity contribution in [2.24, 2.45) is 11.0 Å². The molecule has 0 aliphatic carbocycles. The molecule has 3 aromatic rings. The molecule has 1 saturated heterocycles. The van der Waals surface area contributed by atoms with Gasteiger partial charge in [0.2, 0.25) is 0 Å². The summed E-state index contributed by atoms with van der Waals surface area (Å²) in [6.07, 6.45) is 5.26. The zero-order valence-electron chi connectivity index (χ0n) is 19.1. The molecule has 3 aromatic carbocycles. The number of hydrazone groups is 1. The van der Waals surface area contributed by atoms with Crippen LogP contribution in [0.15, 0.2) is 84.0 Å². The minimum atomic E-state index is -0.220. The number of ether oxygens (including phenoxy) is 1. The molecule has 5 heteroatoms. The number of nitrogens with zero attached hydrogens (tertiary/aromatic N) is 2. The van der Waals surface area contributed by atoms with Crippen molar-refractivity contribution in [3.05, 3.63) is 101 Å². The predicted molar refractivity (Wildman–Crippen MR) is 133 cm³/mol. The van der Waals surface area contributed by atoms with Crippen LogP contribution in [0.5, 0.6) is 5.75 Å². The molecule has 1 amide bonds. The molecule has 1 aliphatic heterocycles. The fraction of sp³-hybridized carbons (Fsp3) is 0.286. The van der Waals surface area contributed by atoms with Crippen molar-refractivity contribution in [2.75, 3.05) is 20.2 Å². The number of piperidine rings is 1. The minimum absolute atomic E-state index is 0.220. The van der Waals surface area contributed by atoms with E-state index in [2.05, 4.69) is 45.8 Å². The van der Waals surface area contributed by atoms with E-state index in [0.29, 0.717) is 5.56 Å². The summed E-state index contributed by atoms with van der Waals surface area (Å²) < 4.78 is 5.19. The van der Waals surface area contributed by atoms with E-state index < -0.39 is 0 Å². The van der Waals surface area contributed by atoms with Crippen molar-refractivity contribution in [1.29, 1.82) is 0 Å². The standard InChI is InChI=1S/C28H31N3O2/c1-33-27-9-5-8-25(19-27)20-29-30-28(32)26-12-10-24(11-13-26)21-31-16-14-23(15-17-31)18-22-6-3-2-4-7-22/h2-13,19-20,23H,14-18,21H2,1H3,(H,30,32)/b29-20-. The number of benzene rings is 3. The van der Waals surface area contributed by atoms with Crippen LogP contribution in [0.4, 0.5) is 0 Å². The van der Waals surface area contributed by atoms with Crippen LogP contribution in [0.25, 0.3) is 0 Å². The Morgan fingerprint density at radius 3 is 2.48 bits per heavy atom. The van der Waals surface area contributed by atoms with Crippen LogP contribution in [0, 0.1) is 5.92 Å². The summed E-state index contributed by atoms with van der Waals surface area (Å²) in [5.41, 5.74) is 6.72. The lowest BCUT2D eigenvalue weighted by Crippen LogP contribution is -2.33. The molecule has 0 atom stereocenters. The zero-order valence-corrected chi connectivity index (χ0v) is 19.1. The van der Waals surface area contributed by atoms with Crippen molar-refractivity contribution < 1.29 is 9.53 Å². The Kier molecular flexibility index (Phi) is 7.88. The Hall–Kier alpha value is -3.44. The number of carbonyl (C=O) groups excluding carboxylic acids is 1. The van der Waals surface area contributed by atoms with Gasteiger partial charge in [0.05, 0.1) is 13.3 Å². The van der Waals surface area contributed by atoms with Gasteiger partial charge in [-0.05, 0) is 79.2 Å². The van der Waals surface area contributed by atoms with Crippen LogP contribution in [-0.2, 0) is 13.0 Å². The predicted octanol–water partition coefficient (Wildman–Crippen LogP) is 4.91. The van der Waals surface area contributed by atoms with Gasteiger partial charge in [0.25, 0.3) is 5.91 Å². The largest absolute Gasteiger partial charge is 0.497 e. The third kappa shape index (κ3) is 6.77. The second kappa shape index (κ2) is 11.4. The van der Waals surface area contributed by atoms with Gasteiger partial charge >= 0.3 is 0 Å². The summed E-state index contributed by atoms with van der Waals surface area (Å²) in [5.74, 6) is 1.30. The molecule has 4 rings (SSSR count). The van der Waals surface area contributed by atoms with E-state index in [1.807, 2.05) is 48.5 Å². The maximum absolute atomic E-state index is 12.4. The topological polar surface area (TPSA) is 53.9 Å². The van der Waals surface area contributed by atoms with Crippen molar-refractivity contribution >= 4 is 12.1 Å². The number of nitrogens with one attached hydrogen (secondary N) is 1. The monoisotopic (exact) mass is 441 g/mol. The normalized spacial score (nSPS) is 14.9. The SMILES string of the molecule is COc1cccc(/C=N\NC(=O)c2ccc(CN3CCC(Cc4ccccc4)CC3)cc2)c1. The quantitative estimate of drug-likeness (QED) is 0.399. The summed E-state index contributed by atoms with van der Waals surface area (Å²) in [4.78, 5) is 14.9. The summed E-state index contributed by atoms with van der Waals surface area (Å²) >= 11 is 0. The Morgan fingerprint density at radius 1 is 1.00 bits per heavy atom. The van der Waals surface area contributed by atoms with Crippen LogP contribution in [0.2, 0.25) is 0 Å². The van der Waals surface area contributed by atoms with Crippen LogP contribution < -0.4 is 10.2 Å². The van der Waals surface area contributed by atoms with Crippen LogP contribution in [0.1, 0.15) is 39.9 Å². The Balaban J connectivity index is 1.23. The van der Waals surface area contributed by atoms with Crippen molar-refractivity contribution in [3.8, 4) is 5.75 Å². The molecule has 0 saturated carbocycles. The van der Waals surface area contributed by atoms with E-state index in [1.165, 1.54) is 30.4 Å². The van der Waals surface area contributed by atoms with Crippen LogP contribution in [0.3, 0.4) is 0 Å². The number of amides is 1. The first-order chi connectivity index (χ1) is 16.2. The molecule has 0 radical (unpaired) electrons. The fourth-order valence-electron chi connectivity index (χ4n) is 4.27. The van der Waals surface area contributed by atoms with E-state index in [4.69, 9.17) is 4.74 Å². The lowest BCUT2D eigenvalue weighted by Gasteiger charge is -2.32. The summed E-state index contributed by atoms with van der Waals surface area (Å²) in [6, 6.07) is 26.1. The highest BCUT2D eigenvalue weighted by molar-refractivity contribution is 5.94. The van der Waals surface area contributed by atoms with Gasteiger partial charge in [-0.15, -0.1) is 0 Å². The highest BCUT2D eigenvalue weighted by atomic mass is 16.5. The highest BCUT2D eigenvalue weighted by Gasteiger charge is 2.19. The lowest BCUT2D eigenvalue weighted by atomic mass is 9.90. The number of likely N-dealkylation sites (tertiary alicyclic amines) is 1. The molecule has 1 N–H and O–H groups in total. The second-order valence-electron chi connectivity index (χ2n) is 8.58. The van der Waals surface area contributed by atoms with Crippen molar-refractivity contribution in [3.63, 3.8) is 0 Å². The van der Waals surface area contributed by atoms with E-state index in [1.54, 1.807) is 13.3 Å². The summed E-state index contributed by atoms with van der Waals surface area (Å²) in [5, 5.41) is 4.06. The highest BCUT2D eigenvalue weighted by Crippen LogP contribution is 2.23. The smallest absolute Gasteiger partial charge is 0.271 e. The number of hydrogen-bond donors (Lipinski definition) is 1. The Labute approximate surface area is 196 Å². The van der Waals surface area contributed by atoms with Gasteiger partial charge in [0, 0.05) is 12.1 Å². The molecule has 0 unspecified atom stereocenters. The summed E-state index contributed by atoms with van der Waals surface area (Å²) in [7, 11) is 1.62. The molecule has 0 bridgehead atoms. The van der Waals surface area contributed by atoms with Crippen molar-refractivity contribution in [1.82, 2.24) is 10.3 Å². The van der Waals surface area contributed by atoms with Gasteiger partial charge in [-0.25, -0.2) is 5.43 Å². The van der Waals surface area contributed by atoms with E-state index in [-0.39, 0.29) is 5.91 Å². The first-order valence-electron chi connectivity index (χ1n) is 11.5. The maximum Gasteiger partial charge on any atom is 0.271 e. The van der Waals surface area contributed by atoms with Gasteiger partial charge < -0.3 is 4.74 Å². The van der Waals surface area contributed by atoms with Crippen LogP contribution >= 0.6 is 0 Å². The molecule has 5 nitrogen and oxygen atoms in total. The third-order valence-electron chi connectivity index (χ3n) is 6.17.